The van der Waals surface area contributed by atoms with E-state index < -0.39 is 10.0 Å². The normalized spacial score (nSPS) is 11.9. The summed E-state index contributed by atoms with van der Waals surface area (Å²) in [5, 5.41) is 1.43. The van der Waals surface area contributed by atoms with Crippen LogP contribution in [0.2, 0.25) is 5.02 Å². The molecule has 1 heterocycles. The maximum Gasteiger partial charge on any atom is 0.240 e. The number of sulfonamides is 1. The van der Waals surface area contributed by atoms with E-state index >= 15 is 0 Å². The van der Waals surface area contributed by atoms with Gasteiger partial charge in [-0.05, 0) is 36.4 Å². The number of furan rings is 1. The van der Waals surface area contributed by atoms with Crippen molar-refractivity contribution < 1.29 is 12.8 Å². The fourth-order valence-corrected chi connectivity index (χ4v) is 3.11. The molecule has 2 aromatic carbocycles. The van der Waals surface area contributed by atoms with E-state index in [-0.39, 0.29) is 11.4 Å². The summed E-state index contributed by atoms with van der Waals surface area (Å²) in [4.78, 5) is 0.169. The fraction of sp³-hybridized carbons (Fsp3) is 0.0667. The zero-order valence-corrected chi connectivity index (χ0v) is 12.5. The van der Waals surface area contributed by atoms with Crippen molar-refractivity contribution in [3.8, 4) is 0 Å². The molecule has 0 amide bonds. The number of rotatable bonds is 4. The minimum atomic E-state index is -3.58. The molecule has 0 atom stereocenters. The fourth-order valence-electron chi connectivity index (χ4n) is 1.99. The van der Waals surface area contributed by atoms with Gasteiger partial charge >= 0.3 is 0 Å². The van der Waals surface area contributed by atoms with E-state index in [9.17, 15) is 8.42 Å². The molecule has 0 spiro atoms. The van der Waals surface area contributed by atoms with Crippen molar-refractivity contribution in [3.05, 3.63) is 65.4 Å². The molecule has 0 aliphatic carbocycles. The molecule has 0 saturated carbocycles. The number of nitrogens with one attached hydrogen (secondary N) is 1. The highest BCUT2D eigenvalue weighted by Crippen LogP contribution is 2.19. The third-order valence-corrected chi connectivity index (χ3v) is 4.71. The first-order valence-electron chi connectivity index (χ1n) is 6.27. The van der Waals surface area contributed by atoms with E-state index in [1.54, 1.807) is 0 Å². The third kappa shape index (κ3) is 3.10. The Morgan fingerprint density at radius 1 is 1.05 bits per heavy atom. The maximum atomic E-state index is 12.1. The molecule has 3 aromatic rings. The topological polar surface area (TPSA) is 59.3 Å². The SMILES string of the molecule is O=S(=O)(NCc1cc2ccccc2o1)c1ccc(Cl)cc1. The molecule has 0 aliphatic heterocycles. The lowest BCUT2D eigenvalue weighted by molar-refractivity contribution is 0.530. The van der Waals surface area contributed by atoms with Crippen molar-refractivity contribution in [2.45, 2.75) is 11.4 Å². The summed E-state index contributed by atoms with van der Waals surface area (Å²) in [6, 6.07) is 15.3. The van der Waals surface area contributed by atoms with Gasteiger partial charge in [0.1, 0.15) is 11.3 Å². The molecule has 1 aromatic heterocycles. The molecule has 0 aliphatic rings. The molecular formula is C15H12ClNO3S. The van der Waals surface area contributed by atoms with Crippen LogP contribution >= 0.6 is 11.6 Å². The van der Waals surface area contributed by atoms with Gasteiger partial charge in [0.05, 0.1) is 11.4 Å². The van der Waals surface area contributed by atoms with Gasteiger partial charge in [-0.1, -0.05) is 29.8 Å². The summed E-state index contributed by atoms with van der Waals surface area (Å²) in [6.45, 7) is 0.0969. The van der Waals surface area contributed by atoms with E-state index in [1.807, 2.05) is 30.3 Å². The Bertz CT molecular complexity index is 836. The van der Waals surface area contributed by atoms with Crippen molar-refractivity contribution in [3.63, 3.8) is 0 Å². The number of hydrogen-bond acceptors (Lipinski definition) is 3. The van der Waals surface area contributed by atoms with Gasteiger partial charge in [0.25, 0.3) is 0 Å². The van der Waals surface area contributed by atoms with Crippen LogP contribution in [0.15, 0.2) is 63.9 Å². The standard InChI is InChI=1S/C15H12ClNO3S/c16-12-5-7-14(8-6-12)21(18,19)17-10-13-9-11-3-1-2-4-15(11)20-13/h1-9,17H,10H2. The Morgan fingerprint density at radius 3 is 2.48 bits per heavy atom. The number of halogens is 1. The molecule has 0 unspecified atom stereocenters. The molecule has 21 heavy (non-hydrogen) atoms. The van der Waals surface area contributed by atoms with Gasteiger partial charge in [0.2, 0.25) is 10.0 Å². The molecule has 1 N–H and O–H groups in total. The average molecular weight is 322 g/mol. The van der Waals surface area contributed by atoms with Crippen LogP contribution in [0, 0.1) is 0 Å². The second kappa shape index (κ2) is 5.52. The zero-order valence-electron chi connectivity index (χ0n) is 10.9. The van der Waals surface area contributed by atoms with Crippen LogP contribution in [-0.2, 0) is 16.6 Å². The Hall–Kier alpha value is -1.82. The first-order valence-corrected chi connectivity index (χ1v) is 8.13. The maximum absolute atomic E-state index is 12.1. The molecule has 6 heteroatoms. The summed E-state index contributed by atoms with van der Waals surface area (Å²) in [5.74, 6) is 0.564. The lowest BCUT2D eigenvalue weighted by Crippen LogP contribution is -2.22. The van der Waals surface area contributed by atoms with Crippen LogP contribution in [-0.4, -0.2) is 8.42 Å². The molecule has 4 nitrogen and oxygen atoms in total. The van der Waals surface area contributed by atoms with Gasteiger partial charge in [-0.15, -0.1) is 0 Å². The summed E-state index contributed by atoms with van der Waals surface area (Å²) in [7, 11) is -3.58. The average Bonchev–Trinajstić information content (AvgIpc) is 2.89. The first-order chi connectivity index (χ1) is 10.0. The van der Waals surface area contributed by atoms with Gasteiger partial charge in [-0.25, -0.2) is 13.1 Å². The molecule has 0 fully saturated rings. The first kappa shape index (κ1) is 14.1. The smallest absolute Gasteiger partial charge is 0.240 e. The Labute approximate surface area is 127 Å². The monoisotopic (exact) mass is 321 g/mol. The predicted molar refractivity (Wildman–Crippen MR) is 81.7 cm³/mol. The van der Waals surface area contributed by atoms with Crippen LogP contribution in [0.25, 0.3) is 11.0 Å². The van der Waals surface area contributed by atoms with E-state index in [4.69, 9.17) is 16.0 Å². The highest BCUT2D eigenvalue weighted by molar-refractivity contribution is 7.89. The van der Waals surface area contributed by atoms with Crippen molar-refractivity contribution >= 4 is 32.6 Å². The van der Waals surface area contributed by atoms with Crippen LogP contribution in [0.5, 0.6) is 0 Å². The van der Waals surface area contributed by atoms with E-state index in [2.05, 4.69) is 4.72 Å². The van der Waals surface area contributed by atoms with Crippen LogP contribution < -0.4 is 4.72 Å². The number of hydrogen-bond donors (Lipinski definition) is 1. The summed E-state index contributed by atoms with van der Waals surface area (Å²) >= 11 is 5.75. The molecule has 0 saturated heterocycles. The summed E-state index contributed by atoms with van der Waals surface area (Å²) in [6.07, 6.45) is 0. The zero-order chi connectivity index (χ0) is 14.9. The van der Waals surface area contributed by atoms with Gasteiger partial charge in [0, 0.05) is 10.4 Å². The summed E-state index contributed by atoms with van der Waals surface area (Å²) in [5.41, 5.74) is 0.734. The quantitative estimate of drug-likeness (QED) is 0.799. The molecule has 0 radical (unpaired) electrons. The minimum absolute atomic E-state index is 0.0969. The highest BCUT2D eigenvalue weighted by atomic mass is 35.5. The number of para-hydroxylation sites is 1. The highest BCUT2D eigenvalue weighted by Gasteiger charge is 2.14. The van der Waals surface area contributed by atoms with Gasteiger partial charge < -0.3 is 4.42 Å². The predicted octanol–water partition coefficient (Wildman–Crippen LogP) is 3.56. The van der Waals surface area contributed by atoms with Crippen molar-refractivity contribution in [2.24, 2.45) is 0 Å². The van der Waals surface area contributed by atoms with Gasteiger partial charge in [0.15, 0.2) is 0 Å². The second-order valence-corrected chi connectivity index (χ2v) is 6.73. The second-order valence-electron chi connectivity index (χ2n) is 4.53. The van der Waals surface area contributed by atoms with Crippen LogP contribution in [0.3, 0.4) is 0 Å². The molecular weight excluding hydrogens is 310 g/mol. The number of benzene rings is 2. The largest absolute Gasteiger partial charge is 0.460 e. The van der Waals surface area contributed by atoms with E-state index in [0.29, 0.717) is 10.8 Å². The van der Waals surface area contributed by atoms with Crippen LogP contribution in [0.1, 0.15) is 5.76 Å². The molecule has 3 rings (SSSR count). The summed E-state index contributed by atoms with van der Waals surface area (Å²) < 4.78 is 32.3. The van der Waals surface area contributed by atoms with E-state index in [0.717, 1.165) is 11.0 Å². The Kier molecular flexibility index (Phi) is 3.71. The lowest BCUT2D eigenvalue weighted by Gasteiger charge is -2.05. The third-order valence-electron chi connectivity index (χ3n) is 3.04. The van der Waals surface area contributed by atoms with E-state index in [1.165, 1.54) is 24.3 Å². The van der Waals surface area contributed by atoms with Crippen molar-refractivity contribution in [2.75, 3.05) is 0 Å². The Balaban J connectivity index is 1.78. The van der Waals surface area contributed by atoms with Crippen LogP contribution in [0.4, 0.5) is 0 Å². The molecule has 108 valence electrons. The minimum Gasteiger partial charge on any atom is -0.460 e. The number of fused-ring (bicyclic) bond motifs is 1. The van der Waals surface area contributed by atoms with Gasteiger partial charge in [-0.3, -0.25) is 0 Å². The molecule has 0 bridgehead atoms. The van der Waals surface area contributed by atoms with Crippen molar-refractivity contribution in [1.82, 2.24) is 4.72 Å². The lowest BCUT2D eigenvalue weighted by atomic mass is 10.2. The van der Waals surface area contributed by atoms with Gasteiger partial charge in [-0.2, -0.15) is 0 Å². The van der Waals surface area contributed by atoms with Crippen molar-refractivity contribution in [1.29, 1.82) is 0 Å². The Morgan fingerprint density at radius 2 is 1.76 bits per heavy atom.